The molecule has 192 valence electrons. The highest BCUT2D eigenvalue weighted by atomic mass is 32.1. The van der Waals surface area contributed by atoms with Crippen LogP contribution < -0.4 is 10.2 Å². The molecule has 0 aliphatic carbocycles. The molecule has 0 spiro atoms. The first kappa shape index (κ1) is 23.7. The number of ether oxygens (including phenoxy) is 3. The molecule has 0 unspecified atom stereocenters. The van der Waals surface area contributed by atoms with Crippen molar-refractivity contribution in [2.75, 3.05) is 62.9 Å². The number of benzene rings is 1. The molecule has 1 aromatic carbocycles. The smallest absolute Gasteiger partial charge is 0.229 e. The van der Waals surface area contributed by atoms with Gasteiger partial charge in [-0.1, -0.05) is 41.7 Å². The van der Waals surface area contributed by atoms with Crippen molar-refractivity contribution in [2.45, 2.75) is 6.54 Å². The number of morpholine rings is 1. The zero-order valence-corrected chi connectivity index (χ0v) is 21.3. The van der Waals surface area contributed by atoms with Crippen LogP contribution in [0.15, 0.2) is 66.9 Å². The van der Waals surface area contributed by atoms with Crippen LogP contribution in [-0.2, 0) is 20.8 Å². The van der Waals surface area contributed by atoms with Crippen LogP contribution in [-0.4, -0.2) is 77.2 Å². The van der Waals surface area contributed by atoms with Crippen LogP contribution in [0.5, 0.6) is 0 Å². The summed E-state index contributed by atoms with van der Waals surface area (Å²) < 4.78 is 18.1. The molecule has 11 heteroatoms. The lowest BCUT2D eigenvalue weighted by atomic mass is 10.2. The quantitative estimate of drug-likeness (QED) is 0.338. The van der Waals surface area contributed by atoms with Gasteiger partial charge in [0.1, 0.15) is 12.1 Å². The zero-order valence-electron chi connectivity index (χ0n) is 20.5. The summed E-state index contributed by atoms with van der Waals surface area (Å²) in [7, 11) is 0. The molecule has 0 radical (unpaired) electrons. The number of hydrogen-bond donors (Lipinski definition) is 1. The van der Waals surface area contributed by atoms with Crippen LogP contribution >= 0.6 is 11.3 Å². The second kappa shape index (κ2) is 11.2. The van der Waals surface area contributed by atoms with Gasteiger partial charge in [-0.2, -0.15) is 0 Å². The summed E-state index contributed by atoms with van der Waals surface area (Å²) in [5.41, 5.74) is 3.00. The summed E-state index contributed by atoms with van der Waals surface area (Å²) in [6, 6.07) is 14.4. The fourth-order valence-electron chi connectivity index (χ4n) is 4.31. The second-order valence-corrected chi connectivity index (χ2v) is 9.84. The van der Waals surface area contributed by atoms with Crippen molar-refractivity contribution in [2.24, 2.45) is 0 Å². The van der Waals surface area contributed by atoms with Crippen molar-refractivity contribution in [3.05, 3.63) is 72.4 Å². The average molecular weight is 520 g/mol. The number of hydrogen-bond acceptors (Lipinski definition) is 10. The Hall–Kier alpha value is -3.67. The van der Waals surface area contributed by atoms with Gasteiger partial charge >= 0.3 is 0 Å². The largest absolute Gasteiger partial charge is 0.462 e. The van der Waals surface area contributed by atoms with Gasteiger partial charge in [0.05, 0.1) is 31.6 Å². The Morgan fingerprint density at radius 2 is 1.95 bits per heavy atom. The molecule has 0 saturated carbocycles. The summed E-state index contributed by atoms with van der Waals surface area (Å²) in [5.74, 6) is 1.65. The highest BCUT2D eigenvalue weighted by molar-refractivity contribution is 7.20. The van der Waals surface area contributed by atoms with Gasteiger partial charge in [-0.05, 0) is 17.7 Å². The van der Waals surface area contributed by atoms with Crippen LogP contribution in [0.1, 0.15) is 5.56 Å². The van der Waals surface area contributed by atoms with Gasteiger partial charge in [0, 0.05) is 44.5 Å². The summed E-state index contributed by atoms with van der Waals surface area (Å²) in [4.78, 5) is 14.8. The van der Waals surface area contributed by atoms with Gasteiger partial charge in [0.2, 0.25) is 16.9 Å². The standard InChI is InChI=1S/C26H29N7O3S/c1-2-4-20(5-3-1)15-32(16-22-18-35-19-36-22)26-30-33-17-23(29-25(33)37-26)21-6-7-24(28-14-21)27-8-9-31-10-12-34-13-11-31/h1-7,14,17-18H,8-13,15-16,19H2,(H,27,28). The molecule has 0 amide bonds. The third kappa shape index (κ3) is 5.85. The number of imidazole rings is 1. The number of aromatic nitrogens is 4. The molecular weight excluding hydrogens is 490 g/mol. The number of nitrogens with zero attached hydrogens (tertiary/aromatic N) is 6. The summed E-state index contributed by atoms with van der Waals surface area (Å²) >= 11 is 1.55. The van der Waals surface area contributed by atoms with E-state index < -0.39 is 0 Å². The van der Waals surface area contributed by atoms with E-state index >= 15 is 0 Å². The number of fused-ring (bicyclic) bond motifs is 1. The molecule has 0 bridgehead atoms. The topological polar surface area (TPSA) is 89.3 Å². The maximum absolute atomic E-state index is 5.57. The Bertz CT molecular complexity index is 1300. The van der Waals surface area contributed by atoms with Gasteiger partial charge < -0.3 is 24.4 Å². The maximum atomic E-state index is 5.57. The molecule has 2 aliphatic rings. The predicted molar refractivity (Wildman–Crippen MR) is 142 cm³/mol. The molecule has 1 N–H and O–H groups in total. The zero-order chi connectivity index (χ0) is 24.9. The summed E-state index contributed by atoms with van der Waals surface area (Å²) in [6.45, 7) is 6.99. The number of pyridine rings is 1. The van der Waals surface area contributed by atoms with Gasteiger partial charge in [0.15, 0.2) is 5.76 Å². The molecule has 2 aliphatic heterocycles. The van der Waals surface area contributed by atoms with Crippen molar-refractivity contribution in [1.29, 1.82) is 0 Å². The lowest BCUT2D eigenvalue weighted by Gasteiger charge is -2.26. The Morgan fingerprint density at radius 1 is 1.05 bits per heavy atom. The molecule has 10 nitrogen and oxygen atoms in total. The molecular formula is C26H29N7O3S. The van der Waals surface area contributed by atoms with Crippen molar-refractivity contribution >= 4 is 27.2 Å². The first-order valence-corrected chi connectivity index (χ1v) is 13.2. The minimum Gasteiger partial charge on any atom is -0.462 e. The summed E-state index contributed by atoms with van der Waals surface area (Å²) in [6.07, 6.45) is 5.48. The Labute approximate surface area is 219 Å². The summed E-state index contributed by atoms with van der Waals surface area (Å²) in [5, 5.41) is 9.10. The Kier molecular flexibility index (Phi) is 7.15. The minimum atomic E-state index is 0.259. The van der Waals surface area contributed by atoms with E-state index in [9.17, 15) is 0 Å². The maximum Gasteiger partial charge on any atom is 0.229 e. The minimum absolute atomic E-state index is 0.259. The van der Waals surface area contributed by atoms with Crippen molar-refractivity contribution in [3.63, 3.8) is 0 Å². The molecule has 5 heterocycles. The van der Waals surface area contributed by atoms with Crippen LogP contribution in [0.3, 0.4) is 0 Å². The van der Waals surface area contributed by atoms with E-state index in [1.807, 2.05) is 47.2 Å². The van der Waals surface area contributed by atoms with Gasteiger partial charge in [-0.3, -0.25) is 4.90 Å². The van der Waals surface area contributed by atoms with Gasteiger partial charge in [-0.25, -0.2) is 14.5 Å². The molecule has 0 atom stereocenters. The third-order valence-electron chi connectivity index (χ3n) is 6.29. The molecule has 1 fully saturated rings. The fraction of sp³-hybridized carbons (Fsp3) is 0.346. The van der Waals surface area contributed by atoms with Crippen LogP contribution in [0.2, 0.25) is 0 Å². The molecule has 3 aromatic heterocycles. The second-order valence-electron chi connectivity index (χ2n) is 8.91. The number of nitrogens with one attached hydrogen (secondary N) is 1. The van der Waals surface area contributed by atoms with E-state index in [-0.39, 0.29) is 6.79 Å². The predicted octanol–water partition coefficient (Wildman–Crippen LogP) is 3.45. The SMILES string of the molecule is C1=C(CN(Cc2ccccc2)c2nn3cc(-c4ccc(NCCN5CCOCC5)nc4)nc3s2)OCO1. The first-order chi connectivity index (χ1) is 18.3. The van der Waals surface area contributed by atoms with Crippen LogP contribution in [0, 0.1) is 0 Å². The molecule has 37 heavy (non-hydrogen) atoms. The van der Waals surface area contributed by atoms with Crippen molar-refractivity contribution in [3.8, 4) is 11.3 Å². The van der Waals surface area contributed by atoms with Crippen LogP contribution in [0.4, 0.5) is 10.9 Å². The number of anilines is 2. The molecule has 4 aromatic rings. The third-order valence-corrected chi connectivity index (χ3v) is 7.27. The molecule has 1 saturated heterocycles. The monoisotopic (exact) mass is 519 g/mol. The van der Waals surface area contributed by atoms with Crippen molar-refractivity contribution in [1.82, 2.24) is 24.5 Å². The lowest BCUT2D eigenvalue weighted by molar-refractivity contribution is 0.0398. The normalized spacial score (nSPS) is 15.8. The lowest BCUT2D eigenvalue weighted by Crippen LogP contribution is -2.39. The van der Waals surface area contributed by atoms with E-state index in [1.165, 1.54) is 5.56 Å². The highest BCUT2D eigenvalue weighted by Crippen LogP contribution is 2.29. The Morgan fingerprint density at radius 3 is 2.70 bits per heavy atom. The van der Waals surface area contributed by atoms with E-state index in [1.54, 1.807) is 17.6 Å². The number of rotatable bonds is 10. The van der Waals surface area contributed by atoms with Crippen molar-refractivity contribution < 1.29 is 14.2 Å². The van der Waals surface area contributed by atoms with E-state index in [2.05, 4.69) is 32.2 Å². The average Bonchev–Trinajstić information content (AvgIpc) is 3.67. The Balaban J connectivity index is 1.13. The first-order valence-electron chi connectivity index (χ1n) is 12.4. The van der Waals surface area contributed by atoms with E-state index in [0.717, 1.165) is 72.3 Å². The molecule has 6 rings (SSSR count). The fourth-order valence-corrected chi connectivity index (χ4v) is 5.19. The van der Waals surface area contributed by atoms with E-state index in [4.69, 9.17) is 24.3 Å². The van der Waals surface area contributed by atoms with Crippen LogP contribution in [0.25, 0.3) is 16.2 Å². The highest BCUT2D eigenvalue weighted by Gasteiger charge is 2.19. The van der Waals surface area contributed by atoms with Gasteiger partial charge in [-0.15, -0.1) is 5.10 Å². The van der Waals surface area contributed by atoms with Gasteiger partial charge in [0.25, 0.3) is 0 Å². The van der Waals surface area contributed by atoms with E-state index in [0.29, 0.717) is 13.1 Å².